The van der Waals surface area contributed by atoms with Crippen LogP contribution in [0.3, 0.4) is 0 Å². The van der Waals surface area contributed by atoms with Gasteiger partial charge in [0.1, 0.15) is 0 Å². The molecule has 0 radical (unpaired) electrons. The lowest BCUT2D eigenvalue weighted by molar-refractivity contribution is 0.112. The van der Waals surface area contributed by atoms with Crippen molar-refractivity contribution in [2.45, 2.75) is 32.8 Å². The fourth-order valence-electron chi connectivity index (χ4n) is 1.63. The first-order valence-electron chi connectivity index (χ1n) is 5.18. The summed E-state index contributed by atoms with van der Waals surface area (Å²) >= 11 is 1.64. The molecule has 0 spiro atoms. The first kappa shape index (κ1) is 11.7. The maximum Gasteiger partial charge on any atom is 0.0924 e. The Hall–Kier alpha value is -0.380. The molecule has 0 amide bonds. The predicted molar refractivity (Wildman–Crippen MR) is 61.5 cm³/mol. The zero-order valence-electron chi connectivity index (χ0n) is 8.86. The summed E-state index contributed by atoms with van der Waals surface area (Å²) in [5.41, 5.74) is 6.89. The van der Waals surface area contributed by atoms with Gasteiger partial charge in [0.2, 0.25) is 0 Å². The van der Waals surface area contributed by atoms with E-state index in [0.29, 0.717) is 6.54 Å². The van der Waals surface area contributed by atoms with Crippen LogP contribution in [0, 0.1) is 5.92 Å². The molecule has 0 aliphatic rings. The van der Waals surface area contributed by atoms with Gasteiger partial charge in [0.15, 0.2) is 0 Å². The third-order valence-corrected chi connectivity index (χ3v) is 3.73. The molecule has 0 aliphatic heterocycles. The van der Waals surface area contributed by atoms with E-state index >= 15 is 0 Å². The van der Waals surface area contributed by atoms with Crippen molar-refractivity contribution in [3.8, 4) is 0 Å². The molecule has 0 aliphatic carbocycles. The quantitative estimate of drug-likeness (QED) is 0.788. The lowest BCUT2D eigenvalue weighted by atomic mass is 9.96. The van der Waals surface area contributed by atoms with E-state index in [1.165, 1.54) is 5.56 Å². The van der Waals surface area contributed by atoms with Gasteiger partial charge in [0.25, 0.3) is 0 Å². The van der Waals surface area contributed by atoms with Crippen molar-refractivity contribution >= 4 is 11.3 Å². The summed E-state index contributed by atoms with van der Waals surface area (Å²) < 4.78 is 0. The van der Waals surface area contributed by atoms with Gasteiger partial charge in [-0.2, -0.15) is 0 Å². The lowest BCUT2D eigenvalue weighted by Gasteiger charge is -2.19. The SMILES string of the molecule is CCc1ccsc1C(O)C(CC)CN. The second-order valence-electron chi connectivity index (χ2n) is 3.51. The van der Waals surface area contributed by atoms with Crippen molar-refractivity contribution in [1.82, 2.24) is 0 Å². The van der Waals surface area contributed by atoms with Crippen molar-refractivity contribution in [2.75, 3.05) is 6.54 Å². The summed E-state index contributed by atoms with van der Waals surface area (Å²) in [5, 5.41) is 12.2. The average Bonchev–Trinajstić information content (AvgIpc) is 2.67. The zero-order valence-corrected chi connectivity index (χ0v) is 9.68. The maximum atomic E-state index is 10.1. The highest BCUT2D eigenvalue weighted by atomic mass is 32.1. The molecule has 0 fully saturated rings. The van der Waals surface area contributed by atoms with Crippen LogP contribution in [0.5, 0.6) is 0 Å². The van der Waals surface area contributed by atoms with Crippen LogP contribution in [0.4, 0.5) is 0 Å². The number of hydrogen-bond acceptors (Lipinski definition) is 3. The van der Waals surface area contributed by atoms with E-state index in [9.17, 15) is 5.11 Å². The van der Waals surface area contributed by atoms with E-state index in [-0.39, 0.29) is 12.0 Å². The van der Waals surface area contributed by atoms with E-state index in [2.05, 4.69) is 19.9 Å². The van der Waals surface area contributed by atoms with Crippen LogP contribution in [0.2, 0.25) is 0 Å². The minimum absolute atomic E-state index is 0.193. The molecule has 1 heterocycles. The van der Waals surface area contributed by atoms with Gasteiger partial charge in [0.05, 0.1) is 6.10 Å². The fraction of sp³-hybridized carbons (Fsp3) is 0.636. The van der Waals surface area contributed by atoms with Crippen LogP contribution in [0.1, 0.15) is 36.8 Å². The summed E-state index contributed by atoms with van der Waals surface area (Å²) in [6.45, 7) is 4.74. The highest BCUT2D eigenvalue weighted by Crippen LogP contribution is 2.31. The number of rotatable bonds is 5. The molecule has 2 atom stereocenters. The summed E-state index contributed by atoms with van der Waals surface area (Å²) in [7, 11) is 0. The van der Waals surface area contributed by atoms with E-state index in [1.54, 1.807) is 11.3 Å². The third-order valence-electron chi connectivity index (χ3n) is 2.70. The van der Waals surface area contributed by atoms with Crippen molar-refractivity contribution in [1.29, 1.82) is 0 Å². The smallest absolute Gasteiger partial charge is 0.0924 e. The minimum atomic E-state index is -0.375. The van der Waals surface area contributed by atoms with Crippen LogP contribution >= 0.6 is 11.3 Å². The Morgan fingerprint density at radius 3 is 2.71 bits per heavy atom. The molecule has 3 heteroatoms. The maximum absolute atomic E-state index is 10.1. The summed E-state index contributed by atoms with van der Waals surface area (Å²) in [4.78, 5) is 1.10. The van der Waals surface area contributed by atoms with Crippen molar-refractivity contribution in [3.05, 3.63) is 21.9 Å². The van der Waals surface area contributed by atoms with Crippen molar-refractivity contribution < 1.29 is 5.11 Å². The molecule has 2 nitrogen and oxygen atoms in total. The Morgan fingerprint density at radius 1 is 1.50 bits per heavy atom. The van der Waals surface area contributed by atoms with Crippen LogP contribution in [0.15, 0.2) is 11.4 Å². The number of nitrogens with two attached hydrogens (primary N) is 1. The van der Waals surface area contributed by atoms with Gasteiger partial charge in [0, 0.05) is 10.8 Å². The minimum Gasteiger partial charge on any atom is -0.387 e. The summed E-state index contributed by atoms with van der Waals surface area (Å²) in [6, 6.07) is 2.09. The molecule has 0 aromatic carbocycles. The highest BCUT2D eigenvalue weighted by Gasteiger charge is 2.20. The molecule has 2 unspecified atom stereocenters. The predicted octanol–water partition coefficient (Wildman–Crippen LogP) is 2.33. The van der Waals surface area contributed by atoms with Gasteiger partial charge < -0.3 is 10.8 Å². The largest absolute Gasteiger partial charge is 0.387 e. The Morgan fingerprint density at radius 2 is 2.21 bits per heavy atom. The van der Waals surface area contributed by atoms with E-state index in [0.717, 1.165) is 17.7 Å². The number of aliphatic hydroxyl groups is 1. The molecule has 14 heavy (non-hydrogen) atoms. The fourth-order valence-corrected chi connectivity index (χ4v) is 2.71. The first-order chi connectivity index (χ1) is 6.74. The van der Waals surface area contributed by atoms with Crippen LogP contribution in [0.25, 0.3) is 0 Å². The van der Waals surface area contributed by atoms with Gasteiger partial charge in [-0.25, -0.2) is 0 Å². The van der Waals surface area contributed by atoms with E-state index < -0.39 is 0 Å². The molecule has 1 aromatic heterocycles. The van der Waals surface area contributed by atoms with Crippen molar-refractivity contribution in [3.63, 3.8) is 0 Å². The van der Waals surface area contributed by atoms with Gasteiger partial charge in [-0.3, -0.25) is 0 Å². The standard InChI is InChI=1S/C11H19NOS/c1-3-8-5-6-14-11(8)10(13)9(4-2)7-12/h5-6,9-10,13H,3-4,7,12H2,1-2H3. The van der Waals surface area contributed by atoms with E-state index in [1.807, 2.05) is 5.38 Å². The second kappa shape index (κ2) is 5.49. The lowest BCUT2D eigenvalue weighted by Crippen LogP contribution is -2.21. The Balaban J connectivity index is 2.81. The van der Waals surface area contributed by atoms with Gasteiger partial charge in [-0.15, -0.1) is 11.3 Å². The molecule has 1 aromatic rings. The summed E-state index contributed by atoms with van der Waals surface area (Å²) in [5.74, 6) is 0.193. The first-order valence-corrected chi connectivity index (χ1v) is 6.06. The molecule has 80 valence electrons. The van der Waals surface area contributed by atoms with Gasteiger partial charge in [-0.1, -0.05) is 13.8 Å². The highest BCUT2D eigenvalue weighted by molar-refractivity contribution is 7.10. The van der Waals surface area contributed by atoms with Crippen LogP contribution in [-0.4, -0.2) is 11.7 Å². The normalized spacial score (nSPS) is 15.4. The number of hydrogen-bond donors (Lipinski definition) is 2. The molecule has 0 saturated heterocycles. The average molecular weight is 213 g/mol. The third kappa shape index (κ3) is 2.35. The van der Waals surface area contributed by atoms with Crippen LogP contribution < -0.4 is 5.73 Å². The molecular formula is C11H19NOS. The molecule has 1 rings (SSSR count). The number of aliphatic hydroxyl groups excluding tert-OH is 1. The monoisotopic (exact) mass is 213 g/mol. The topological polar surface area (TPSA) is 46.2 Å². The number of thiophene rings is 1. The van der Waals surface area contributed by atoms with E-state index in [4.69, 9.17) is 5.73 Å². The molecular weight excluding hydrogens is 194 g/mol. The van der Waals surface area contributed by atoms with Crippen LogP contribution in [-0.2, 0) is 6.42 Å². The molecule has 0 bridgehead atoms. The van der Waals surface area contributed by atoms with Crippen molar-refractivity contribution in [2.24, 2.45) is 11.7 Å². The van der Waals surface area contributed by atoms with Gasteiger partial charge >= 0.3 is 0 Å². The van der Waals surface area contributed by atoms with Gasteiger partial charge in [-0.05, 0) is 36.4 Å². The summed E-state index contributed by atoms with van der Waals surface area (Å²) in [6.07, 6.45) is 1.54. The molecule has 3 N–H and O–H groups in total. The Bertz CT molecular complexity index is 268. The molecule has 0 saturated carbocycles. The Labute approximate surface area is 89.8 Å². The number of aryl methyl sites for hydroxylation is 1. The Kier molecular flexibility index (Phi) is 4.58. The zero-order chi connectivity index (χ0) is 10.6. The second-order valence-corrected chi connectivity index (χ2v) is 4.46.